The van der Waals surface area contributed by atoms with Gasteiger partial charge in [0, 0.05) is 7.11 Å². The van der Waals surface area contributed by atoms with E-state index in [-0.39, 0.29) is 18.7 Å². The molecule has 0 aromatic rings. The fraction of sp³-hybridized carbons (Fsp3) is 0.750. The molecule has 0 aromatic heterocycles. The zero-order chi connectivity index (χ0) is 12.6. The van der Waals surface area contributed by atoms with Crippen LogP contribution in [-0.2, 0) is 23.7 Å². The number of hydrogen-bond acceptors (Lipinski definition) is 5. The number of rotatable bonds is 3. The van der Waals surface area contributed by atoms with E-state index >= 15 is 0 Å². The highest BCUT2D eigenvalue weighted by Gasteiger charge is 2.49. The molecule has 1 aliphatic carbocycles. The summed E-state index contributed by atoms with van der Waals surface area (Å²) in [6, 6.07) is 0. The zero-order valence-corrected chi connectivity index (χ0v) is 10.6. The normalized spacial score (nSPS) is 35.6. The first-order chi connectivity index (χ1) is 7.94. The first-order valence-corrected chi connectivity index (χ1v) is 5.63. The number of Topliss-reactive ketones (excluding diaryl/α,β-unsaturated/α-hetero) is 1. The highest BCUT2D eigenvalue weighted by molar-refractivity contribution is 6.00. The van der Waals surface area contributed by atoms with Crippen molar-refractivity contribution in [2.75, 3.05) is 13.9 Å². The molecule has 2 aliphatic rings. The largest absolute Gasteiger partial charge is 0.359 e. The van der Waals surface area contributed by atoms with Gasteiger partial charge in [-0.1, -0.05) is 0 Å². The minimum absolute atomic E-state index is 0.0652. The van der Waals surface area contributed by atoms with E-state index in [1.165, 1.54) is 7.11 Å². The Kier molecular flexibility index (Phi) is 3.36. The summed E-state index contributed by atoms with van der Waals surface area (Å²) in [7, 11) is 1.52. The highest BCUT2D eigenvalue weighted by atomic mass is 16.8. The van der Waals surface area contributed by atoms with Gasteiger partial charge in [-0.15, -0.1) is 0 Å². The van der Waals surface area contributed by atoms with Crippen molar-refractivity contribution < 1.29 is 23.7 Å². The van der Waals surface area contributed by atoms with Gasteiger partial charge in [-0.05, 0) is 32.4 Å². The maximum atomic E-state index is 12.0. The predicted octanol–water partition coefficient (Wildman–Crippen LogP) is 1.02. The first-order valence-electron chi connectivity index (χ1n) is 5.63. The lowest BCUT2D eigenvalue weighted by molar-refractivity contribution is -0.173. The average molecular weight is 242 g/mol. The summed E-state index contributed by atoms with van der Waals surface area (Å²) >= 11 is 0. The minimum Gasteiger partial charge on any atom is -0.359 e. The van der Waals surface area contributed by atoms with Crippen LogP contribution in [0.4, 0.5) is 0 Å². The van der Waals surface area contributed by atoms with Gasteiger partial charge in [0.15, 0.2) is 17.7 Å². The number of carbonyl (C=O) groups is 1. The van der Waals surface area contributed by atoms with Gasteiger partial charge in [0.05, 0.1) is 0 Å². The van der Waals surface area contributed by atoms with E-state index in [1.54, 1.807) is 13.0 Å². The number of carbonyl (C=O) groups excluding carboxylic acids is 1. The van der Waals surface area contributed by atoms with E-state index in [0.29, 0.717) is 5.57 Å². The molecule has 0 radical (unpaired) electrons. The number of fused-ring (bicyclic) bond motifs is 1. The van der Waals surface area contributed by atoms with Crippen molar-refractivity contribution in [2.45, 2.75) is 44.9 Å². The van der Waals surface area contributed by atoms with Crippen LogP contribution in [0.3, 0.4) is 0 Å². The topological polar surface area (TPSA) is 54.0 Å². The van der Waals surface area contributed by atoms with E-state index in [0.717, 1.165) is 0 Å². The Morgan fingerprint density at radius 3 is 2.76 bits per heavy atom. The van der Waals surface area contributed by atoms with Crippen molar-refractivity contribution in [2.24, 2.45) is 0 Å². The Balaban J connectivity index is 2.20. The van der Waals surface area contributed by atoms with Crippen LogP contribution in [0.2, 0.25) is 0 Å². The van der Waals surface area contributed by atoms with Crippen molar-refractivity contribution in [1.82, 2.24) is 0 Å². The maximum Gasteiger partial charge on any atom is 0.189 e. The SMILES string of the molecule is COCO[C@@H]1C(=O)C(C)=C[C@@H]2OC(C)(C)O[C@@H]21. The van der Waals surface area contributed by atoms with E-state index in [9.17, 15) is 4.79 Å². The van der Waals surface area contributed by atoms with Crippen LogP contribution in [0.5, 0.6) is 0 Å². The van der Waals surface area contributed by atoms with Crippen molar-refractivity contribution in [3.63, 3.8) is 0 Å². The Hall–Kier alpha value is -0.750. The fourth-order valence-corrected chi connectivity index (χ4v) is 2.19. The molecule has 0 aromatic carbocycles. The highest BCUT2D eigenvalue weighted by Crippen LogP contribution is 2.35. The molecule has 0 bridgehead atoms. The van der Waals surface area contributed by atoms with Crippen LogP contribution in [0.25, 0.3) is 0 Å². The third-order valence-corrected chi connectivity index (χ3v) is 2.89. The molecule has 0 amide bonds. The lowest BCUT2D eigenvalue weighted by Gasteiger charge is -2.28. The molecule has 5 nitrogen and oxygen atoms in total. The molecule has 3 atom stereocenters. The number of ketones is 1. The second-order valence-corrected chi connectivity index (χ2v) is 4.77. The summed E-state index contributed by atoms with van der Waals surface area (Å²) in [5, 5.41) is 0. The van der Waals surface area contributed by atoms with Gasteiger partial charge in [0.2, 0.25) is 0 Å². The van der Waals surface area contributed by atoms with E-state index in [2.05, 4.69) is 0 Å². The lowest BCUT2D eigenvalue weighted by Crippen LogP contribution is -2.46. The molecule has 17 heavy (non-hydrogen) atoms. The van der Waals surface area contributed by atoms with E-state index in [1.807, 2.05) is 13.8 Å². The van der Waals surface area contributed by atoms with Crippen LogP contribution in [-0.4, -0.2) is 43.8 Å². The molecule has 1 aliphatic heterocycles. The zero-order valence-electron chi connectivity index (χ0n) is 10.6. The summed E-state index contributed by atoms with van der Waals surface area (Å²) in [5.74, 6) is -0.754. The van der Waals surface area contributed by atoms with Crippen LogP contribution in [0.1, 0.15) is 20.8 Å². The fourth-order valence-electron chi connectivity index (χ4n) is 2.19. The molecular formula is C12H18O5. The smallest absolute Gasteiger partial charge is 0.189 e. The monoisotopic (exact) mass is 242 g/mol. The van der Waals surface area contributed by atoms with E-state index in [4.69, 9.17) is 18.9 Å². The molecule has 1 fully saturated rings. The van der Waals surface area contributed by atoms with Crippen LogP contribution in [0.15, 0.2) is 11.6 Å². The Morgan fingerprint density at radius 2 is 2.12 bits per heavy atom. The van der Waals surface area contributed by atoms with Gasteiger partial charge in [-0.3, -0.25) is 4.79 Å². The molecule has 5 heteroatoms. The lowest BCUT2D eigenvalue weighted by atomic mass is 9.92. The van der Waals surface area contributed by atoms with Gasteiger partial charge in [-0.2, -0.15) is 0 Å². The van der Waals surface area contributed by atoms with Crippen molar-refractivity contribution >= 4 is 5.78 Å². The third kappa shape index (κ3) is 2.42. The van der Waals surface area contributed by atoms with Crippen LogP contribution < -0.4 is 0 Å². The molecule has 0 spiro atoms. The second-order valence-electron chi connectivity index (χ2n) is 4.77. The van der Waals surface area contributed by atoms with Crippen molar-refractivity contribution in [3.8, 4) is 0 Å². The maximum absolute atomic E-state index is 12.0. The van der Waals surface area contributed by atoms with Crippen LogP contribution >= 0.6 is 0 Å². The Labute approximate surface area is 101 Å². The molecular weight excluding hydrogens is 224 g/mol. The van der Waals surface area contributed by atoms with Crippen molar-refractivity contribution in [1.29, 1.82) is 0 Å². The summed E-state index contributed by atoms with van der Waals surface area (Å²) in [4.78, 5) is 12.0. The summed E-state index contributed by atoms with van der Waals surface area (Å²) in [6.07, 6.45) is 0.529. The Morgan fingerprint density at radius 1 is 1.41 bits per heavy atom. The standard InChI is InChI=1S/C12H18O5/c1-7-5-8-10(17-12(2,3)16-8)11(9(7)13)15-6-14-4/h5,8,10-11H,6H2,1-4H3/t8-,10-,11+/m0/s1. The quantitative estimate of drug-likeness (QED) is 0.692. The predicted molar refractivity (Wildman–Crippen MR) is 59.3 cm³/mol. The molecule has 96 valence electrons. The molecule has 1 saturated heterocycles. The first kappa shape index (κ1) is 12.7. The third-order valence-electron chi connectivity index (χ3n) is 2.89. The van der Waals surface area contributed by atoms with Gasteiger partial charge in [-0.25, -0.2) is 0 Å². The van der Waals surface area contributed by atoms with Gasteiger partial charge in [0.1, 0.15) is 19.0 Å². The molecule has 0 N–H and O–H groups in total. The molecule has 1 heterocycles. The van der Waals surface area contributed by atoms with Crippen LogP contribution in [0, 0.1) is 0 Å². The van der Waals surface area contributed by atoms with Gasteiger partial charge >= 0.3 is 0 Å². The molecule has 0 saturated carbocycles. The summed E-state index contributed by atoms with van der Waals surface area (Å²) < 4.78 is 21.7. The van der Waals surface area contributed by atoms with Gasteiger partial charge in [0.25, 0.3) is 0 Å². The average Bonchev–Trinajstić information content (AvgIpc) is 2.53. The minimum atomic E-state index is -0.689. The summed E-state index contributed by atoms with van der Waals surface area (Å²) in [6.45, 7) is 5.48. The van der Waals surface area contributed by atoms with Gasteiger partial charge < -0.3 is 18.9 Å². The number of hydrogen-bond donors (Lipinski definition) is 0. The second kappa shape index (κ2) is 4.49. The molecule has 0 unspecified atom stereocenters. The van der Waals surface area contributed by atoms with E-state index < -0.39 is 18.0 Å². The Bertz CT molecular complexity index is 347. The van der Waals surface area contributed by atoms with Crippen molar-refractivity contribution in [3.05, 3.63) is 11.6 Å². The number of methoxy groups -OCH3 is 1. The molecule has 2 rings (SSSR count). The number of ether oxygens (including phenoxy) is 4. The summed E-state index contributed by atoms with van der Waals surface area (Å²) in [5.41, 5.74) is 0.647.